The summed E-state index contributed by atoms with van der Waals surface area (Å²) in [6.07, 6.45) is 1.67. The van der Waals surface area contributed by atoms with Crippen LogP contribution in [0.15, 0.2) is 23.2 Å². The van der Waals surface area contributed by atoms with Gasteiger partial charge in [-0.3, -0.25) is 10.4 Å². The molecule has 1 aromatic rings. The number of nitrogens with one attached hydrogen (secondary N) is 1. The van der Waals surface area contributed by atoms with Gasteiger partial charge >= 0.3 is 0 Å². The Hall–Kier alpha value is -1.23. The fourth-order valence-corrected chi connectivity index (χ4v) is 2.47. The lowest BCUT2D eigenvalue weighted by atomic mass is 10.3. The molecule has 2 rings (SSSR count). The summed E-state index contributed by atoms with van der Waals surface area (Å²) in [5, 5.41) is 6.96. The van der Waals surface area contributed by atoms with Crippen molar-refractivity contribution in [3.63, 3.8) is 0 Å². The second-order valence-corrected chi connectivity index (χ2v) is 4.49. The van der Waals surface area contributed by atoms with Crippen LogP contribution in [0.1, 0.15) is 5.69 Å². The third-order valence-electron chi connectivity index (χ3n) is 1.79. The highest BCUT2D eigenvalue weighted by Gasteiger charge is 2.32. The first-order valence-electron chi connectivity index (χ1n) is 3.39. The first kappa shape index (κ1) is 7.42. The van der Waals surface area contributed by atoms with Crippen LogP contribution >= 0.6 is 0 Å². The zero-order valence-corrected chi connectivity index (χ0v) is 6.93. The number of aromatic nitrogens is 1. The van der Waals surface area contributed by atoms with Crippen LogP contribution in [0.3, 0.4) is 0 Å². The van der Waals surface area contributed by atoms with Gasteiger partial charge in [-0.2, -0.15) is 0 Å². The van der Waals surface area contributed by atoms with Gasteiger partial charge in [-0.1, -0.05) is 0 Å². The number of sulfone groups is 1. The minimum absolute atomic E-state index is 0.137. The molecule has 0 fully saturated rings. The van der Waals surface area contributed by atoms with Crippen LogP contribution in [0, 0.1) is 5.41 Å². The molecule has 0 unspecified atom stereocenters. The maximum atomic E-state index is 11.3. The van der Waals surface area contributed by atoms with Crippen molar-refractivity contribution in [2.24, 2.45) is 0 Å². The molecule has 0 aromatic carbocycles. The van der Waals surface area contributed by atoms with Gasteiger partial charge in [-0.05, 0) is 12.1 Å². The average molecular weight is 182 g/mol. The second-order valence-electron chi connectivity index (χ2n) is 2.55. The summed E-state index contributed by atoms with van der Waals surface area (Å²) in [6.45, 7) is 0. The normalized spacial score (nSPS) is 19.2. The molecule has 1 N–H and O–H groups in total. The number of fused-ring (bicyclic) bond motifs is 1. The fraction of sp³-hybridized carbons (Fsp3) is 0.143. The van der Waals surface area contributed by atoms with Crippen molar-refractivity contribution in [3.8, 4) is 0 Å². The number of rotatable bonds is 0. The zero-order chi connectivity index (χ0) is 8.77. The Kier molecular flexibility index (Phi) is 1.32. The Bertz CT molecular complexity index is 450. The van der Waals surface area contributed by atoms with E-state index in [0.717, 1.165) is 0 Å². The monoisotopic (exact) mass is 182 g/mol. The summed E-state index contributed by atoms with van der Waals surface area (Å²) in [4.78, 5) is 4.08. The highest BCUT2D eigenvalue weighted by Crippen LogP contribution is 2.24. The van der Waals surface area contributed by atoms with Crippen LogP contribution < -0.4 is 0 Å². The lowest BCUT2D eigenvalue weighted by Gasteiger charge is -1.92. The largest absolute Gasteiger partial charge is 0.293 e. The van der Waals surface area contributed by atoms with E-state index >= 15 is 0 Å². The van der Waals surface area contributed by atoms with Crippen molar-refractivity contribution in [1.29, 1.82) is 5.41 Å². The van der Waals surface area contributed by atoms with E-state index in [4.69, 9.17) is 5.41 Å². The summed E-state index contributed by atoms with van der Waals surface area (Å²) in [7, 11) is -3.46. The molecule has 1 aromatic heterocycles. The molecule has 0 aliphatic carbocycles. The summed E-state index contributed by atoms with van der Waals surface area (Å²) in [5.41, 5.74) is 0.488. The molecule has 0 amide bonds. The molecule has 0 saturated heterocycles. The average Bonchev–Trinajstić information content (AvgIpc) is 2.25. The molecule has 0 saturated carbocycles. The Labute approximate surface area is 69.7 Å². The van der Waals surface area contributed by atoms with Crippen LogP contribution in [0.5, 0.6) is 0 Å². The summed E-state index contributed by atoms with van der Waals surface area (Å²) >= 11 is 0. The van der Waals surface area contributed by atoms with Gasteiger partial charge < -0.3 is 0 Å². The molecule has 2 heterocycles. The van der Waals surface area contributed by atoms with Crippen molar-refractivity contribution in [2.45, 2.75) is 11.3 Å². The topological polar surface area (TPSA) is 70.9 Å². The third kappa shape index (κ3) is 0.797. The van der Waals surface area contributed by atoms with Crippen LogP contribution in [-0.2, 0) is 16.3 Å². The lowest BCUT2D eigenvalue weighted by molar-refractivity contribution is 0.607. The molecule has 0 spiro atoms. The van der Waals surface area contributed by atoms with Crippen molar-refractivity contribution in [2.75, 3.05) is 0 Å². The highest BCUT2D eigenvalue weighted by molar-refractivity contribution is 8.06. The fourth-order valence-electron chi connectivity index (χ4n) is 1.18. The molecule has 4 nitrogen and oxygen atoms in total. The minimum Gasteiger partial charge on any atom is -0.293 e. The van der Waals surface area contributed by atoms with E-state index < -0.39 is 9.84 Å². The van der Waals surface area contributed by atoms with Crippen LogP contribution in [0.4, 0.5) is 0 Å². The zero-order valence-electron chi connectivity index (χ0n) is 6.11. The molecule has 5 heteroatoms. The maximum absolute atomic E-state index is 11.3. The molecule has 0 radical (unpaired) electrons. The van der Waals surface area contributed by atoms with Gasteiger partial charge in [0.2, 0.25) is 9.84 Å². The Morgan fingerprint density at radius 1 is 1.50 bits per heavy atom. The van der Waals surface area contributed by atoms with Crippen molar-refractivity contribution < 1.29 is 8.42 Å². The van der Waals surface area contributed by atoms with E-state index in [1.807, 2.05) is 0 Å². The number of pyridine rings is 1. The van der Waals surface area contributed by atoms with Gasteiger partial charge in [0, 0.05) is 12.6 Å². The standard InChI is InChI=1S/C7H6N2O2S/c8-7-4-5-6(12(7,10)11)2-1-3-9-5/h1-3,8H,4H2. The van der Waals surface area contributed by atoms with E-state index in [0.29, 0.717) is 5.69 Å². The van der Waals surface area contributed by atoms with E-state index in [-0.39, 0.29) is 16.4 Å². The molecule has 0 atom stereocenters. The first-order chi connectivity index (χ1) is 5.62. The molecular weight excluding hydrogens is 176 g/mol. The van der Waals surface area contributed by atoms with Crippen LogP contribution in [-0.4, -0.2) is 18.4 Å². The van der Waals surface area contributed by atoms with Gasteiger partial charge in [0.05, 0.1) is 10.6 Å². The van der Waals surface area contributed by atoms with E-state index in [2.05, 4.69) is 4.98 Å². The van der Waals surface area contributed by atoms with Crippen LogP contribution in [0.2, 0.25) is 0 Å². The summed E-state index contributed by atoms with van der Waals surface area (Å²) in [6, 6.07) is 3.05. The predicted octanol–water partition coefficient (Wildman–Crippen LogP) is 0.389. The quantitative estimate of drug-likeness (QED) is 0.630. The van der Waals surface area contributed by atoms with Gasteiger partial charge in [-0.15, -0.1) is 0 Å². The molecule has 1 aliphatic rings. The summed E-state index contributed by atoms with van der Waals surface area (Å²) in [5.74, 6) is 0. The SMILES string of the molecule is N=C1Cc2ncccc2S1(=O)=O. The van der Waals surface area contributed by atoms with E-state index in [1.165, 1.54) is 12.3 Å². The van der Waals surface area contributed by atoms with E-state index in [9.17, 15) is 8.42 Å². The van der Waals surface area contributed by atoms with Crippen molar-refractivity contribution in [1.82, 2.24) is 4.98 Å². The van der Waals surface area contributed by atoms with Crippen LogP contribution in [0.25, 0.3) is 0 Å². The van der Waals surface area contributed by atoms with Gasteiger partial charge in [0.25, 0.3) is 0 Å². The van der Waals surface area contributed by atoms with E-state index in [1.54, 1.807) is 6.07 Å². The molecule has 12 heavy (non-hydrogen) atoms. The van der Waals surface area contributed by atoms with Gasteiger partial charge in [0.1, 0.15) is 5.04 Å². The highest BCUT2D eigenvalue weighted by atomic mass is 32.2. The second kappa shape index (κ2) is 2.13. The molecule has 1 aliphatic heterocycles. The molecule has 0 bridgehead atoms. The maximum Gasteiger partial charge on any atom is 0.221 e. The Morgan fingerprint density at radius 3 is 2.92 bits per heavy atom. The first-order valence-corrected chi connectivity index (χ1v) is 4.87. The summed E-state index contributed by atoms with van der Waals surface area (Å²) < 4.78 is 22.6. The molecular formula is C7H6N2O2S. The van der Waals surface area contributed by atoms with Crippen molar-refractivity contribution in [3.05, 3.63) is 24.0 Å². The third-order valence-corrected chi connectivity index (χ3v) is 3.53. The number of hydrogen-bond donors (Lipinski definition) is 1. The number of nitrogens with zero attached hydrogens (tertiary/aromatic N) is 1. The number of hydrogen-bond acceptors (Lipinski definition) is 4. The predicted molar refractivity (Wildman–Crippen MR) is 42.9 cm³/mol. The Morgan fingerprint density at radius 2 is 2.25 bits per heavy atom. The Balaban J connectivity index is 2.80. The van der Waals surface area contributed by atoms with Gasteiger partial charge in [-0.25, -0.2) is 8.42 Å². The van der Waals surface area contributed by atoms with Gasteiger partial charge in [0.15, 0.2) is 0 Å². The molecule has 62 valence electrons. The smallest absolute Gasteiger partial charge is 0.221 e. The minimum atomic E-state index is -3.46. The van der Waals surface area contributed by atoms with Crippen molar-refractivity contribution >= 4 is 14.9 Å². The lowest BCUT2D eigenvalue weighted by Crippen LogP contribution is -2.06.